The van der Waals surface area contributed by atoms with E-state index in [4.69, 9.17) is 4.74 Å². The second kappa shape index (κ2) is 5.87. The van der Waals surface area contributed by atoms with E-state index >= 15 is 0 Å². The number of likely N-dealkylation sites (tertiary alicyclic amines) is 1. The van der Waals surface area contributed by atoms with Gasteiger partial charge < -0.3 is 9.64 Å². The van der Waals surface area contributed by atoms with Crippen LogP contribution in [0.5, 0.6) is 5.75 Å². The van der Waals surface area contributed by atoms with Gasteiger partial charge >= 0.3 is 0 Å². The Morgan fingerprint density at radius 2 is 2.29 bits per heavy atom. The minimum atomic E-state index is 0.145. The van der Waals surface area contributed by atoms with Crippen LogP contribution in [0.1, 0.15) is 22.5 Å². The number of thiophene rings is 1. The molecule has 94 valence electrons. The molecule has 5 heteroatoms. The zero-order chi connectivity index (χ0) is 12.3. The molecular weight excluding hydrogens is 302 g/mol. The van der Waals surface area contributed by atoms with Crippen molar-refractivity contribution in [3.8, 4) is 5.75 Å². The molecule has 0 N–H and O–H groups in total. The van der Waals surface area contributed by atoms with Gasteiger partial charge in [-0.05, 0) is 18.8 Å². The number of hydrogen-bond donors (Lipinski definition) is 0. The smallest absolute Gasteiger partial charge is 0.264 e. The van der Waals surface area contributed by atoms with E-state index in [0.29, 0.717) is 0 Å². The Labute approximate surface area is 114 Å². The van der Waals surface area contributed by atoms with Crippen molar-refractivity contribution in [3.63, 3.8) is 0 Å². The molecule has 0 radical (unpaired) electrons. The highest BCUT2D eigenvalue weighted by atomic mass is 79.9. The monoisotopic (exact) mass is 317 g/mol. The lowest BCUT2D eigenvalue weighted by molar-refractivity contribution is 0.0704. The number of piperidine rings is 1. The molecule has 1 fully saturated rings. The highest BCUT2D eigenvalue weighted by Crippen LogP contribution is 2.25. The van der Waals surface area contributed by atoms with Crippen LogP contribution < -0.4 is 4.74 Å². The second-order valence-corrected chi connectivity index (χ2v) is 5.80. The molecule has 0 bridgehead atoms. The van der Waals surface area contributed by atoms with Crippen molar-refractivity contribution in [1.29, 1.82) is 0 Å². The van der Waals surface area contributed by atoms with Crippen molar-refractivity contribution >= 4 is 33.2 Å². The van der Waals surface area contributed by atoms with Crippen molar-refractivity contribution < 1.29 is 9.53 Å². The number of carbonyl (C=O) groups excluding carboxylic acids is 1. The number of amides is 1. The molecule has 0 aliphatic carbocycles. The zero-order valence-electron chi connectivity index (χ0n) is 9.82. The Morgan fingerprint density at radius 1 is 1.59 bits per heavy atom. The van der Waals surface area contributed by atoms with E-state index in [-0.39, 0.29) is 5.91 Å². The average molecular weight is 318 g/mol. The highest BCUT2D eigenvalue weighted by molar-refractivity contribution is 9.09. The Morgan fingerprint density at radius 3 is 2.82 bits per heavy atom. The summed E-state index contributed by atoms with van der Waals surface area (Å²) in [4.78, 5) is 14.9. The maximum atomic E-state index is 12.2. The molecular formula is C12H16BrNO2S. The van der Waals surface area contributed by atoms with Gasteiger partial charge in [0.05, 0.1) is 12.0 Å². The minimum Gasteiger partial charge on any atom is -0.496 e. The van der Waals surface area contributed by atoms with Gasteiger partial charge in [-0.2, -0.15) is 0 Å². The Balaban J connectivity index is 1.96. The molecule has 1 aromatic heterocycles. The zero-order valence-corrected chi connectivity index (χ0v) is 12.2. The summed E-state index contributed by atoms with van der Waals surface area (Å²) in [5, 5.41) is 2.92. The summed E-state index contributed by atoms with van der Waals surface area (Å²) in [6, 6.07) is 1.82. The predicted molar refractivity (Wildman–Crippen MR) is 73.3 cm³/mol. The SMILES string of the molecule is COc1csc(C(=O)N2CCC(CBr)CC2)c1. The number of rotatable bonds is 3. The number of nitrogens with zero attached hydrogens (tertiary/aromatic N) is 1. The third-order valence-corrected chi connectivity index (χ3v) is 4.95. The lowest BCUT2D eigenvalue weighted by Gasteiger charge is -2.30. The van der Waals surface area contributed by atoms with Gasteiger partial charge in [-0.3, -0.25) is 4.79 Å². The first-order valence-electron chi connectivity index (χ1n) is 5.72. The molecule has 1 aliphatic rings. The van der Waals surface area contributed by atoms with Crippen molar-refractivity contribution in [2.45, 2.75) is 12.8 Å². The summed E-state index contributed by atoms with van der Waals surface area (Å²) >= 11 is 4.96. The number of alkyl halides is 1. The molecule has 0 aromatic carbocycles. The molecule has 0 saturated carbocycles. The Hall–Kier alpha value is -0.550. The molecule has 0 spiro atoms. The van der Waals surface area contributed by atoms with Crippen LogP contribution in [0.4, 0.5) is 0 Å². The van der Waals surface area contributed by atoms with Crippen molar-refractivity contribution in [2.75, 3.05) is 25.5 Å². The third-order valence-electron chi connectivity index (χ3n) is 3.14. The van der Waals surface area contributed by atoms with Crippen LogP contribution in [0.25, 0.3) is 0 Å². The summed E-state index contributed by atoms with van der Waals surface area (Å²) < 4.78 is 5.10. The summed E-state index contributed by atoms with van der Waals surface area (Å²) in [6.07, 6.45) is 2.19. The summed E-state index contributed by atoms with van der Waals surface area (Å²) in [6.45, 7) is 1.74. The first-order valence-corrected chi connectivity index (χ1v) is 7.72. The quantitative estimate of drug-likeness (QED) is 0.802. The maximum Gasteiger partial charge on any atom is 0.264 e. The van der Waals surface area contributed by atoms with E-state index in [2.05, 4.69) is 15.9 Å². The fraction of sp³-hybridized carbons (Fsp3) is 0.583. The number of halogens is 1. The van der Waals surface area contributed by atoms with E-state index in [1.165, 1.54) is 11.3 Å². The van der Waals surface area contributed by atoms with Crippen LogP contribution >= 0.6 is 27.3 Å². The maximum absolute atomic E-state index is 12.2. The fourth-order valence-electron chi connectivity index (χ4n) is 1.98. The second-order valence-electron chi connectivity index (χ2n) is 4.24. The molecule has 0 atom stereocenters. The van der Waals surface area contributed by atoms with Crippen LogP contribution in [0.15, 0.2) is 11.4 Å². The van der Waals surface area contributed by atoms with Crippen LogP contribution in [-0.2, 0) is 0 Å². The summed E-state index contributed by atoms with van der Waals surface area (Å²) in [5.41, 5.74) is 0. The lowest BCUT2D eigenvalue weighted by Crippen LogP contribution is -2.38. The molecule has 2 rings (SSSR count). The topological polar surface area (TPSA) is 29.5 Å². The van der Waals surface area contributed by atoms with Crippen molar-refractivity contribution in [2.24, 2.45) is 5.92 Å². The van der Waals surface area contributed by atoms with Crippen LogP contribution in [0.3, 0.4) is 0 Å². The fourth-order valence-corrected chi connectivity index (χ4v) is 3.45. The molecule has 2 heterocycles. The van der Waals surface area contributed by atoms with E-state index in [1.807, 2.05) is 16.3 Å². The molecule has 1 saturated heterocycles. The predicted octanol–water partition coefficient (Wildman–Crippen LogP) is 3.00. The largest absolute Gasteiger partial charge is 0.496 e. The molecule has 3 nitrogen and oxygen atoms in total. The first-order chi connectivity index (χ1) is 8.24. The van der Waals surface area contributed by atoms with E-state index in [9.17, 15) is 4.79 Å². The van der Waals surface area contributed by atoms with Gasteiger partial charge in [-0.15, -0.1) is 11.3 Å². The Bertz CT molecular complexity index is 386. The molecule has 1 aromatic rings. The number of methoxy groups -OCH3 is 1. The molecule has 0 unspecified atom stereocenters. The van der Waals surface area contributed by atoms with E-state index in [0.717, 1.165) is 47.8 Å². The number of carbonyl (C=O) groups is 1. The van der Waals surface area contributed by atoms with Crippen LogP contribution in [0.2, 0.25) is 0 Å². The first kappa shape index (κ1) is 12.9. The van der Waals surface area contributed by atoms with Gasteiger partial charge in [0.2, 0.25) is 0 Å². The van der Waals surface area contributed by atoms with Crippen molar-refractivity contribution in [3.05, 3.63) is 16.3 Å². The minimum absolute atomic E-state index is 0.145. The lowest BCUT2D eigenvalue weighted by atomic mass is 9.99. The summed E-state index contributed by atoms with van der Waals surface area (Å²) in [5.74, 6) is 1.64. The average Bonchev–Trinajstić information content (AvgIpc) is 2.87. The van der Waals surface area contributed by atoms with E-state index < -0.39 is 0 Å². The van der Waals surface area contributed by atoms with Gasteiger partial charge in [0.1, 0.15) is 5.75 Å². The highest BCUT2D eigenvalue weighted by Gasteiger charge is 2.23. The van der Waals surface area contributed by atoms with Gasteiger partial charge in [0, 0.05) is 29.9 Å². The van der Waals surface area contributed by atoms with Crippen molar-refractivity contribution in [1.82, 2.24) is 4.90 Å². The standard InChI is InChI=1S/C12H16BrNO2S/c1-16-10-6-11(17-8-10)12(15)14-4-2-9(7-13)3-5-14/h6,8-9H,2-5,7H2,1H3. The van der Waals surface area contributed by atoms with E-state index in [1.54, 1.807) is 7.11 Å². The van der Waals surface area contributed by atoms with Gasteiger partial charge in [-0.25, -0.2) is 0 Å². The summed E-state index contributed by atoms with van der Waals surface area (Å²) in [7, 11) is 1.62. The van der Waals surface area contributed by atoms with Gasteiger partial charge in [0.15, 0.2) is 0 Å². The molecule has 17 heavy (non-hydrogen) atoms. The molecule has 1 amide bonds. The van der Waals surface area contributed by atoms with Crippen LogP contribution in [0, 0.1) is 5.92 Å². The number of hydrogen-bond acceptors (Lipinski definition) is 3. The van der Waals surface area contributed by atoms with Crippen LogP contribution in [-0.4, -0.2) is 36.3 Å². The Kier molecular flexibility index (Phi) is 4.45. The normalized spacial score (nSPS) is 17.2. The van der Waals surface area contributed by atoms with Gasteiger partial charge in [-0.1, -0.05) is 15.9 Å². The number of ether oxygens (including phenoxy) is 1. The van der Waals surface area contributed by atoms with Gasteiger partial charge in [0.25, 0.3) is 5.91 Å². The third kappa shape index (κ3) is 3.01. The molecule has 1 aliphatic heterocycles.